The maximum atomic E-state index is 13.1. The molecule has 1 rings (SSSR count). The maximum absolute atomic E-state index is 13.1. The van der Waals surface area contributed by atoms with Crippen LogP contribution in [0.25, 0.3) is 0 Å². The fraction of sp³-hybridized carbons (Fsp3) is 0.143. The molecule has 0 aliphatic heterocycles. The molecule has 13 heteroatoms. The highest BCUT2D eigenvalue weighted by molar-refractivity contribution is 6.36. The minimum atomic E-state index is -5.77. The van der Waals surface area contributed by atoms with E-state index in [0.717, 1.165) is 0 Å². The van der Waals surface area contributed by atoms with E-state index in [0.29, 0.717) is 0 Å². The standard InChI is InChI=1S/C7BF9O3/c9-2-1(7(13,14)15)6(18-8(19-16)20-17)5(12)4(11)3(2)10. The fourth-order valence-electron chi connectivity index (χ4n) is 1.12. The Balaban J connectivity index is 3.55. The Morgan fingerprint density at radius 2 is 1.20 bits per heavy atom. The molecule has 112 valence electrons. The quantitative estimate of drug-likeness (QED) is 0.369. The Morgan fingerprint density at radius 1 is 0.750 bits per heavy atom. The lowest BCUT2D eigenvalue weighted by Crippen LogP contribution is -2.28. The predicted octanol–water partition coefficient (Wildman–Crippen LogP) is 3.43. The smallest absolute Gasteiger partial charge is 0.506 e. The van der Waals surface area contributed by atoms with Crippen LogP contribution in [-0.4, -0.2) is 7.32 Å². The van der Waals surface area contributed by atoms with Crippen LogP contribution in [0.4, 0.5) is 39.8 Å². The molecule has 0 unspecified atom stereocenters. The molecular weight excluding hydrogens is 314 g/mol. The van der Waals surface area contributed by atoms with Gasteiger partial charge in [-0.25, -0.2) is 13.2 Å². The molecule has 0 aliphatic rings. The molecular formula is C7BF9O3. The first-order valence-corrected chi connectivity index (χ1v) is 4.29. The number of hydrogen-bond donors (Lipinski definition) is 0. The van der Waals surface area contributed by atoms with Gasteiger partial charge < -0.3 is 4.65 Å². The van der Waals surface area contributed by atoms with Gasteiger partial charge in [0, 0.05) is 0 Å². The van der Waals surface area contributed by atoms with Crippen LogP contribution in [0, 0.1) is 23.3 Å². The van der Waals surface area contributed by atoms with Crippen molar-refractivity contribution in [3.05, 3.63) is 28.8 Å². The second-order valence-corrected chi connectivity index (χ2v) is 3.04. The van der Waals surface area contributed by atoms with Crippen molar-refractivity contribution in [2.75, 3.05) is 0 Å². The Hall–Kier alpha value is -1.63. The third-order valence-corrected chi connectivity index (χ3v) is 1.87. The lowest BCUT2D eigenvalue weighted by Gasteiger charge is -2.16. The Labute approximate surface area is 103 Å². The molecule has 20 heavy (non-hydrogen) atoms. The Morgan fingerprint density at radius 3 is 1.60 bits per heavy atom. The summed E-state index contributed by atoms with van der Waals surface area (Å²) in [4.78, 5) is 4.89. The van der Waals surface area contributed by atoms with Crippen LogP contribution < -0.4 is 4.65 Å². The molecule has 0 amide bonds. The Kier molecular flexibility index (Phi) is 4.75. The van der Waals surface area contributed by atoms with Crippen LogP contribution in [0.5, 0.6) is 5.75 Å². The molecule has 0 bridgehead atoms. The van der Waals surface area contributed by atoms with Crippen molar-refractivity contribution in [3.63, 3.8) is 0 Å². The highest BCUT2D eigenvalue weighted by atomic mass is 19.4. The molecule has 0 aromatic heterocycles. The minimum Gasteiger partial charge on any atom is -0.506 e. The minimum absolute atomic E-state index is 2.38. The van der Waals surface area contributed by atoms with E-state index in [4.69, 9.17) is 0 Å². The predicted molar refractivity (Wildman–Crippen MR) is 42.0 cm³/mol. The molecule has 0 N–H and O–H groups in total. The van der Waals surface area contributed by atoms with Crippen LogP contribution in [0.2, 0.25) is 0 Å². The number of hydrogen-bond acceptors (Lipinski definition) is 3. The molecule has 0 heterocycles. The van der Waals surface area contributed by atoms with Crippen LogP contribution >= 0.6 is 0 Å². The molecule has 1 aromatic carbocycles. The van der Waals surface area contributed by atoms with Crippen molar-refractivity contribution < 1.29 is 54.2 Å². The zero-order valence-corrected chi connectivity index (χ0v) is 8.70. The van der Waals surface area contributed by atoms with Crippen molar-refractivity contribution in [1.82, 2.24) is 0 Å². The molecule has 0 atom stereocenters. The van der Waals surface area contributed by atoms with Crippen LogP contribution in [0.1, 0.15) is 5.56 Å². The first kappa shape index (κ1) is 16.4. The zero-order chi connectivity index (χ0) is 15.7. The first-order chi connectivity index (χ1) is 9.15. The van der Waals surface area contributed by atoms with E-state index in [1.165, 1.54) is 0 Å². The third-order valence-electron chi connectivity index (χ3n) is 1.87. The molecule has 0 fully saturated rings. The van der Waals surface area contributed by atoms with Crippen molar-refractivity contribution in [1.29, 1.82) is 0 Å². The SMILES string of the molecule is FOB(OF)Oc1c(F)c(F)c(F)c(F)c1C(F)(F)F. The van der Waals surface area contributed by atoms with Gasteiger partial charge in [0.2, 0.25) is 11.6 Å². The van der Waals surface area contributed by atoms with E-state index in [1.807, 2.05) is 0 Å². The van der Waals surface area contributed by atoms with Gasteiger partial charge in [0.1, 0.15) is 5.56 Å². The van der Waals surface area contributed by atoms with E-state index >= 15 is 0 Å². The fourth-order valence-corrected chi connectivity index (χ4v) is 1.12. The topological polar surface area (TPSA) is 27.7 Å². The van der Waals surface area contributed by atoms with Crippen molar-refractivity contribution in [3.8, 4) is 5.75 Å². The molecule has 3 nitrogen and oxygen atoms in total. The molecule has 0 radical (unpaired) electrons. The van der Waals surface area contributed by atoms with Gasteiger partial charge in [-0.2, -0.15) is 27.3 Å². The summed E-state index contributed by atoms with van der Waals surface area (Å²) >= 11 is 0. The van der Waals surface area contributed by atoms with E-state index in [1.54, 1.807) is 0 Å². The lowest BCUT2D eigenvalue weighted by molar-refractivity contribution is -0.145. The van der Waals surface area contributed by atoms with Gasteiger partial charge in [0.25, 0.3) is 0 Å². The number of benzene rings is 1. The van der Waals surface area contributed by atoms with Crippen molar-refractivity contribution in [2.24, 2.45) is 0 Å². The largest absolute Gasteiger partial charge is 0.778 e. The Bertz CT molecular complexity index is 502. The first-order valence-electron chi connectivity index (χ1n) is 4.29. The van der Waals surface area contributed by atoms with Crippen LogP contribution in [0.3, 0.4) is 0 Å². The summed E-state index contributed by atoms with van der Waals surface area (Å²) in [5.74, 6) is -13.4. The van der Waals surface area contributed by atoms with Gasteiger partial charge in [-0.1, -0.05) is 9.05 Å². The highest BCUT2D eigenvalue weighted by Crippen LogP contribution is 2.42. The van der Waals surface area contributed by atoms with Crippen LogP contribution in [-0.2, 0) is 15.9 Å². The van der Waals surface area contributed by atoms with Gasteiger partial charge >= 0.3 is 13.5 Å². The van der Waals surface area contributed by atoms with E-state index in [9.17, 15) is 39.8 Å². The molecule has 0 aliphatic carbocycles. The van der Waals surface area contributed by atoms with Gasteiger partial charge in [-0.3, -0.25) is 0 Å². The zero-order valence-electron chi connectivity index (χ0n) is 8.70. The summed E-state index contributed by atoms with van der Waals surface area (Å²) in [5, 5.41) is 0. The van der Waals surface area contributed by atoms with E-state index in [-0.39, 0.29) is 0 Å². The van der Waals surface area contributed by atoms with Gasteiger partial charge in [-0.05, 0) is 0 Å². The second-order valence-electron chi connectivity index (χ2n) is 3.04. The summed E-state index contributed by atoms with van der Waals surface area (Å²) < 4.78 is 115. The summed E-state index contributed by atoms with van der Waals surface area (Å²) in [6.45, 7) is 0. The third kappa shape index (κ3) is 2.93. The molecule has 0 saturated heterocycles. The highest BCUT2D eigenvalue weighted by Gasteiger charge is 2.45. The van der Waals surface area contributed by atoms with E-state index < -0.39 is 48.1 Å². The molecule has 0 saturated carbocycles. The van der Waals surface area contributed by atoms with Crippen molar-refractivity contribution >= 4 is 7.32 Å². The van der Waals surface area contributed by atoms with Crippen molar-refractivity contribution in [2.45, 2.75) is 6.18 Å². The number of alkyl halides is 3. The average Bonchev–Trinajstić information content (AvgIpc) is 2.37. The monoisotopic (exact) mass is 314 g/mol. The van der Waals surface area contributed by atoms with Gasteiger partial charge in [0.15, 0.2) is 17.4 Å². The molecule has 0 spiro atoms. The normalized spacial score (nSPS) is 11.7. The van der Waals surface area contributed by atoms with E-state index in [2.05, 4.69) is 14.4 Å². The van der Waals surface area contributed by atoms with Gasteiger partial charge in [-0.15, -0.1) is 0 Å². The molecule has 1 aromatic rings. The number of rotatable bonds is 4. The number of halogens is 9. The lowest BCUT2D eigenvalue weighted by atomic mass is 10.1. The summed E-state index contributed by atoms with van der Waals surface area (Å²) in [7, 11) is -3.21. The maximum Gasteiger partial charge on any atom is 0.778 e. The summed E-state index contributed by atoms with van der Waals surface area (Å²) in [6.07, 6.45) is -5.77. The average molecular weight is 314 g/mol. The van der Waals surface area contributed by atoms with Crippen LogP contribution in [0.15, 0.2) is 0 Å². The second kappa shape index (κ2) is 5.79. The van der Waals surface area contributed by atoms with Gasteiger partial charge in [0.05, 0.1) is 0 Å². The summed E-state index contributed by atoms with van der Waals surface area (Å²) in [5.41, 5.74) is -2.77. The summed E-state index contributed by atoms with van der Waals surface area (Å²) in [6, 6.07) is 0.